The van der Waals surface area contributed by atoms with E-state index in [9.17, 15) is 4.39 Å². The lowest BCUT2D eigenvalue weighted by Crippen LogP contribution is -2.11. The molecule has 0 amide bonds. The van der Waals surface area contributed by atoms with Gasteiger partial charge >= 0.3 is 0 Å². The highest BCUT2D eigenvalue weighted by atomic mass is 79.9. The number of benzene rings is 1. The van der Waals surface area contributed by atoms with Gasteiger partial charge in [0.15, 0.2) is 0 Å². The number of hydrogen-bond acceptors (Lipinski definition) is 2. The van der Waals surface area contributed by atoms with Crippen molar-refractivity contribution in [1.82, 2.24) is 0 Å². The Kier molecular flexibility index (Phi) is 4.24. The Morgan fingerprint density at radius 2 is 2.05 bits per heavy atom. The van der Waals surface area contributed by atoms with Gasteiger partial charge < -0.3 is 5.73 Å². The van der Waals surface area contributed by atoms with Crippen LogP contribution >= 0.6 is 27.3 Å². The molecule has 0 fully saturated rings. The molecule has 2 N–H and O–H groups in total. The van der Waals surface area contributed by atoms with Gasteiger partial charge in [0.25, 0.3) is 0 Å². The van der Waals surface area contributed by atoms with Gasteiger partial charge in [-0.3, -0.25) is 0 Å². The first-order valence-corrected chi connectivity index (χ1v) is 8.55. The van der Waals surface area contributed by atoms with Crippen LogP contribution < -0.4 is 5.73 Å². The minimum Gasteiger partial charge on any atom is -0.323 e. The van der Waals surface area contributed by atoms with Crippen molar-refractivity contribution in [3.8, 4) is 0 Å². The predicted octanol–water partition coefficient (Wildman–Crippen LogP) is 4.77. The Labute approximate surface area is 131 Å². The summed E-state index contributed by atoms with van der Waals surface area (Å²) in [6.07, 6.45) is 5.74. The molecule has 3 rings (SSSR count). The van der Waals surface area contributed by atoms with Crippen LogP contribution in [0, 0.1) is 5.82 Å². The Morgan fingerprint density at radius 3 is 2.80 bits per heavy atom. The average Bonchev–Trinajstić information content (AvgIpc) is 2.87. The summed E-state index contributed by atoms with van der Waals surface area (Å²) in [4.78, 5) is 2.78. The SMILES string of the molecule is NC(Cc1ccc(F)c(Br)c1)c1cc2c(s1)CCCC2. The number of fused-ring (bicyclic) bond motifs is 1. The van der Waals surface area contributed by atoms with Gasteiger partial charge in [-0.05, 0) is 77.4 Å². The third-order valence-corrected chi connectivity index (χ3v) is 5.80. The standard InChI is InChI=1S/C16H17BrFNS/c17-12-7-10(5-6-13(12)18)8-14(19)16-9-11-3-1-2-4-15(11)20-16/h5-7,9,14H,1-4,8,19H2. The molecule has 0 bridgehead atoms. The van der Waals surface area contributed by atoms with Crippen molar-refractivity contribution < 1.29 is 4.39 Å². The topological polar surface area (TPSA) is 26.0 Å². The summed E-state index contributed by atoms with van der Waals surface area (Å²) in [5.41, 5.74) is 8.89. The molecular formula is C16H17BrFNS. The summed E-state index contributed by atoms with van der Waals surface area (Å²) in [5, 5.41) is 0. The first-order valence-electron chi connectivity index (χ1n) is 6.94. The van der Waals surface area contributed by atoms with Crippen molar-refractivity contribution in [1.29, 1.82) is 0 Å². The molecule has 1 heterocycles. The summed E-state index contributed by atoms with van der Waals surface area (Å²) in [6, 6.07) is 7.41. The van der Waals surface area contributed by atoms with E-state index in [-0.39, 0.29) is 11.9 Å². The van der Waals surface area contributed by atoms with E-state index in [4.69, 9.17) is 5.73 Å². The molecule has 106 valence electrons. The smallest absolute Gasteiger partial charge is 0.137 e. The summed E-state index contributed by atoms with van der Waals surface area (Å²) < 4.78 is 13.7. The van der Waals surface area contributed by atoms with Crippen molar-refractivity contribution in [3.63, 3.8) is 0 Å². The average molecular weight is 354 g/mol. The molecule has 1 aliphatic carbocycles. The summed E-state index contributed by atoms with van der Waals surface area (Å²) in [6.45, 7) is 0. The fourth-order valence-electron chi connectivity index (χ4n) is 2.72. The Morgan fingerprint density at radius 1 is 1.25 bits per heavy atom. The lowest BCUT2D eigenvalue weighted by atomic mass is 9.98. The van der Waals surface area contributed by atoms with Crippen LogP contribution in [0.5, 0.6) is 0 Å². The van der Waals surface area contributed by atoms with E-state index >= 15 is 0 Å². The van der Waals surface area contributed by atoms with Crippen LogP contribution in [-0.2, 0) is 19.3 Å². The maximum Gasteiger partial charge on any atom is 0.137 e. The molecule has 0 radical (unpaired) electrons. The molecule has 1 atom stereocenters. The number of nitrogens with two attached hydrogens (primary N) is 1. The summed E-state index contributed by atoms with van der Waals surface area (Å²) in [5.74, 6) is -0.228. The van der Waals surface area contributed by atoms with Crippen LogP contribution in [0.2, 0.25) is 0 Å². The largest absolute Gasteiger partial charge is 0.323 e. The Bertz CT molecular complexity index is 599. The van der Waals surface area contributed by atoms with Crippen LogP contribution in [0.1, 0.15) is 39.8 Å². The van der Waals surface area contributed by atoms with E-state index in [1.807, 2.05) is 23.5 Å². The minimum absolute atomic E-state index is 0.00274. The molecule has 0 saturated heterocycles. The molecule has 1 nitrogen and oxygen atoms in total. The first kappa shape index (κ1) is 14.2. The van der Waals surface area contributed by atoms with Gasteiger partial charge in [-0.25, -0.2) is 4.39 Å². The minimum atomic E-state index is -0.228. The van der Waals surface area contributed by atoms with E-state index < -0.39 is 0 Å². The van der Waals surface area contributed by atoms with Crippen LogP contribution in [0.3, 0.4) is 0 Å². The van der Waals surface area contributed by atoms with Gasteiger partial charge in [0.2, 0.25) is 0 Å². The van der Waals surface area contributed by atoms with Crippen molar-refractivity contribution in [3.05, 3.63) is 55.4 Å². The quantitative estimate of drug-likeness (QED) is 0.844. The first-order chi connectivity index (χ1) is 9.63. The molecule has 1 aliphatic rings. The van der Waals surface area contributed by atoms with E-state index in [0.717, 1.165) is 12.0 Å². The van der Waals surface area contributed by atoms with E-state index in [1.165, 1.54) is 47.1 Å². The monoisotopic (exact) mass is 353 g/mol. The maximum atomic E-state index is 13.2. The Hall–Kier alpha value is -0.710. The Balaban J connectivity index is 1.76. The summed E-state index contributed by atoms with van der Waals surface area (Å²) >= 11 is 5.08. The molecule has 20 heavy (non-hydrogen) atoms. The van der Waals surface area contributed by atoms with Gasteiger partial charge in [-0.2, -0.15) is 0 Å². The molecule has 1 unspecified atom stereocenters. The summed E-state index contributed by atoms with van der Waals surface area (Å²) in [7, 11) is 0. The molecule has 1 aromatic heterocycles. The van der Waals surface area contributed by atoms with Crippen LogP contribution in [-0.4, -0.2) is 0 Å². The maximum absolute atomic E-state index is 13.2. The third kappa shape index (κ3) is 2.97. The molecule has 4 heteroatoms. The van der Waals surface area contributed by atoms with Gasteiger partial charge in [-0.1, -0.05) is 6.07 Å². The highest BCUT2D eigenvalue weighted by Gasteiger charge is 2.17. The second-order valence-electron chi connectivity index (χ2n) is 5.36. The van der Waals surface area contributed by atoms with Crippen LogP contribution in [0.25, 0.3) is 0 Å². The molecule has 0 saturated carbocycles. The third-order valence-electron chi connectivity index (χ3n) is 3.82. The predicted molar refractivity (Wildman–Crippen MR) is 85.7 cm³/mol. The lowest BCUT2D eigenvalue weighted by Gasteiger charge is -2.10. The number of aryl methyl sites for hydroxylation is 2. The van der Waals surface area contributed by atoms with E-state index in [1.54, 1.807) is 0 Å². The molecule has 0 spiro atoms. The van der Waals surface area contributed by atoms with Gasteiger partial charge in [0, 0.05) is 15.8 Å². The van der Waals surface area contributed by atoms with Gasteiger partial charge in [0.05, 0.1) is 4.47 Å². The number of thiophene rings is 1. The van der Waals surface area contributed by atoms with E-state index in [0.29, 0.717) is 4.47 Å². The number of halogens is 2. The lowest BCUT2D eigenvalue weighted by molar-refractivity contribution is 0.619. The van der Waals surface area contributed by atoms with Gasteiger partial charge in [-0.15, -0.1) is 11.3 Å². The zero-order chi connectivity index (χ0) is 14.1. The second-order valence-corrected chi connectivity index (χ2v) is 7.39. The number of hydrogen-bond donors (Lipinski definition) is 1. The van der Waals surface area contributed by atoms with E-state index in [2.05, 4.69) is 22.0 Å². The molecule has 0 aliphatic heterocycles. The zero-order valence-electron chi connectivity index (χ0n) is 11.2. The fraction of sp³-hybridized carbons (Fsp3) is 0.375. The normalized spacial score (nSPS) is 15.9. The number of rotatable bonds is 3. The zero-order valence-corrected chi connectivity index (χ0v) is 13.6. The second kappa shape index (κ2) is 5.96. The fourth-order valence-corrected chi connectivity index (χ4v) is 4.40. The molecule has 1 aromatic carbocycles. The highest BCUT2D eigenvalue weighted by molar-refractivity contribution is 9.10. The van der Waals surface area contributed by atoms with Crippen molar-refractivity contribution in [2.45, 2.75) is 38.1 Å². The van der Waals surface area contributed by atoms with Crippen molar-refractivity contribution >= 4 is 27.3 Å². The van der Waals surface area contributed by atoms with Crippen LogP contribution in [0.15, 0.2) is 28.7 Å². The van der Waals surface area contributed by atoms with Crippen LogP contribution in [0.4, 0.5) is 4.39 Å². The highest BCUT2D eigenvalue weighted by Crippen LogP contribution is 2.33. The van der Waals surface area contributed by atoms with Crippen molar-refractivity contribution in [2.24, 2.45) is 5.73 Å². The molecular weight excluding hydrogens is 337 g/mol. The molecule has 2 aromatic rings. The van der Waals surface area contributed by atoms with Crippen molar-refractivity contribution in [2.75, 3.05) is 0 Å². The van der Waals surface area contributed by atoms with Gasteiger partial charge in [0.1, 0.15) is 5.82 Å².